The van der Waals surface area contributed by atoms with Crippen molar-refractivity contribution in [1.29, 1.82) is 0 Å². The van der Waals surface area contributed by atoms with Crippen LogP contribution in [0.25, 0.3) is 10.9 Å². The summed E-state index contributed by atoms with van der Waals surface area (Å²) in [5.41, 5.74) is -0.384. The van der Waals surface area contributed by atoms with Gasteiger partial charge < -0.3 is 15.0 Å². The summed E-state index contributed by atoms with van der Waals surface area (Å²) in [5, 5.41) is 5.04. The van der Waals surface area contributed by atoms with Crippen LogP contribution in [0, 0.1) is 0 Å². The van der Waals surface area contributed by atoms with E-state index < -0.39 is 17.7 Å². The van der Waals surface area contributed by atoms with Crippen molar-refractivity contribution in [2.24, 2.45) is 0 Å². The largest absolute Gasteiger partial charge is 0.466 e. The minimum Gasteiger partial charge on any atom is -0.466 e. The maximum absolute atomic E-state index is 12.5. The summed E-state index contributed by atoms with van der Waals surface area (Å²) in [4.78, 5) is 51.6. The van der Waals surface area contributed by atoms with E-state index >= 15 is 0 Å². The Balaban J connectivity index is 1.56. The molecule has 0 aliphatic rings. The molecule has 2 N–H and O–H groups in total. The number of thiophene rings is 1. The number of hydrogen-bond donors (Lipinski definition) is 2. The van der Waals surface area contributed by atoms with E-state index in [-0.39, 0.29) is 31.0 Å². The summed E-state index contributed by atoms with van der Waals surface area (Å²) in [6, 6.07) is 10.0. The molecule has 3 aromatic rings. The van der Waals surface area contributed by atoms with Crippen LogP contribution in [0.2, 0.25) is 0 Å². The molecule has 1 aromatic carbocycles. The van der Waals surface area contributed by atoms with E-state index in [0.717, 1.165) is 9.44 Å². The van der Waals surface area contributed by atoms with E-state index in [9.17, 15) is 19.2 Å². The maximum Gasteiger partial charge on any atom is 0.328 e. The first-order valence-corrected chi connectivity index (χ1v) is 10.0. The summed E-state index contributed by atoms with van der Waals surface area (Å²) < 4.78 is 6.33. The fourth-order valence-electron chi connectivity index (χ4n) is 2.99. The number of benzene rings is 1. The number of amides is 1. The Bertz CT molecular complexity index is 1120. The number of H-pyrrole nitrogens is 1. The lowest BCUT2D eigenvalue weighted by Gasteiger charge is -2.15. The Morgan fingerprint density at radius 2 is 2.00 bits per heavy atom. The van der Waals surface area contributed by atoms with E-state index in [2.05, 4.69) is 10.3 Å². The van der Waals surface area contributed by atoms with Crippen LogP contribution in [0.3, 0.4) is 0 Å². The zero-order chi connectivity index (χ0) is 20.8. The second kappa shape index (κ2) is 9.33. The minimum atomic E-state index is -0.497. The van der Waals surface area contributed by atoms with Gasteiger partial charge >= 0.3 is 11.7 Å². The second-order valence-corrected chi connectivity index (χ2v) is 7.46. The average molecular weight is 415 g/mol. The highest BCUT2D eigenvalue weighted by molar-refractivity contribution is 7.10. The Morgan fingerprint density at radius 3 is 2.72 bits per heavy atom. The first-order valence-electron chi connectivity index (χ1n) is 9.13. The monoisotopic (exact) mass is 415 g/mol. The van der Waals surface area contributed by atoms with Crippen LogP contribution < -0.4 is 16.6 Å². The number of nitrogens with one attached hydrogen (secondary N) is 2. The van der Waals surface area contributed by atoms with Gasteiger partial charge in [0, 0.05) is 18.3 Å². The van der Waals surface area contributed by atoms with Crippen LogP contribution in [0.1, 0.15) is 30.7 Å². The predicted octanol–water partition coefficient (Wildman–Crippen LogP) is 1.95. The number of carbonyl (C=O) groups is 2. The Morgan fingerprint density at radius 1 is 1.21 bits per heavy atom. The number of carbonyl (C=O) groups excluding carboxylic acids is 2. The lowest BCUT2D eigenvalue weighted by atomic mass is 10.1. The van der Waals surface area contributed by atoms with Gasteiger partial charge in [0.05, 0.1) is 30.0 Å². The lowest BCUT2D eigenvalue weighted by Crippen LogP contribution is -2.35. The fourth-order valence-corrected chi connectivity index (χ4v) is 3.77. The normalized spacial score (nSPS) is 11.9. The molecule has 9 heteroatoms. The molecule has 0 unspecified atom stereocenters. The number of esters is 1. The van der Waals surface area contributed by atoms with Crippen LogP contribution in [0.4, 0.5) is 0 Å². The first-order chi connectivity index (χ1) is 14.0. The van der Waals surface area contributed by atoms with Crippen LogP contribution >= 0.6 is 11.3 Å². The second-order valence-electron chi connectivity index (χ2n) is 6.48. The smallest absolute Gasteiger partial charge is 0.328 e. The van der Waals surface area contributed by atoms with E-state index in [4.69, 9.17) is 4.74 Å². The van der Waals surface area contributed by atoms with Crippen molar-refractivity contribution >= 4 is 34.1 Å². The molecule has 0 radical (unpaired) electrons. The van der Waals surface area contributed by atoms with E-state index in [1.165, 1.54) is 18.3 Å². The summed E-state index contributed by atoms with van der Waals surface area (Å²) in [7, 11) is 0. The van der Waals surface area contributed by atoms with Crippen molar-refractivity contribution in [3.63, 3.8) is 0 Å². The summed E-state index contributed by atoms with van der Waals surface area (Å²) in [6.45, 7) is 1.59. The third-order valence-electron chi connectivity index (χ3n) is 4.31. The van der Waals surface area contributed by atoms with Crippen LogP contribution in [0.15, 0.2) is 51.4 Å². The number of fused-ring (bicyclic) bond motifs is 1. The van der Waals surface area contributed by atoms with Gasteiger partial charge in [0.15, 0.2) is 0 Å². The number of hydrogen-bond acceptors (Lipinski definition) is 6. The van der Waals surface area contributed by atoms with Gasteiger partial charge in [-0.1, -0.05) is 18.2 Å². The van der Waals surface area contributed by atoms with Gasteiger partial charge in [0.1, 0.15) is 0 Å². The van der Waals surface area contributed by atoms with Crippen LogP contribution in [0.5, 0.6) is 0 Å². The number of aromatic nitrogens is 2. The topological polar surface area (TPSA) is 110 Å². The number of para-hydroxylation sites is 1. The minimum absolute atomic E-state index is 0.0105. The molecule has 1 atom stereocenters. The molecule has 0 saturated carbocycles. The first kappa shape index (κ1) is 20.5. The number of rotatable bonds is 8. The van der Waals surface area contributed by atoms with E-state index in [0.29, 0.717) is 17.3 Å². The van der Waals surface area contributed by atoms with Crippen molar-refractivity contribution in [3.05, 3.63) is 67.5 Å². The van der Waals surface area contributed by atoms with Crippen molar-refractivity contribution in [2.75, 3.05) is 6.61 Å². The van der Waals surface area contributed by atoms with Crippen molar-refractivity contribution in [2.45, 2.75) is 32.4 Å². The summed E-state index contributed by atoms with van der Waals surface area (Å²) in [6.07, 6.45) is 0.327. The highest BCUT2D eigenvalue weighted by atomic mass is 32.1. The van der Waals surface area contributed by atoms with Gasteiger partial charge in [-0.05, 0) is 30.0 Å². The van der Waals surface area contributed by atoms with Crippen molar-refractivity contribution < 1.29 is 14.3 Å². The summed E-state index contributed by atoms with van der Waals surface area (Å²) in [5.74, 6) is -0.692. The molecule has 1 amide bonds. The van der Waals surface area contributed by atoms with Crippen LogP contribution in [-0.4, -0.2) is 28.0 Å². The molecule has 0 fully saturated rings. The quantitative estimate of drug-likeness (QED) is 0.432. The molecule has 0 bridgehead atoms. The molecule has 152 valence electrons. The van der Waals surface area contributed by atoms with Crippen molar-refractivity contribution in [3.8, 4) is 0 Å². The van der Waals surface area contributed by atoms with E-state index in [1.807, 2.05) is 17.5 Å². The lowest BCUT2D eigenvalue weighted by molar-refractivity contribution is -0.144. The standard InChI is InChI=1S/C20H21N3O5S/c1-13(24)21-16(17-8-4-11-29-17)12-18(25)28-10-5-9-23-19(26)14-6-2-3-7-15(14)22-20(23)27/h2-4,6-8,11,16H,5,9-10,12H2,1H3,(H,21,24)(H,22,27)/t16-/m0/s1. The van der Waals surface area contributed by atoms with Gasteiger partial charge in [0.25, 0.3) is 5.56 Å². The predicted molar refractivity (Wildman–Crippen MR) is 110 cm³/mol. The Kier molecular flexibility index (Phi) is 6.61. The fraction of sp³-hybridized carbons (Fsp3) is 0.300. The SMILES string of the molecule is CC(=O)N[C@@H](CC(=O)OCCCn1c(=O)[nH]c2ccccc2c1=O)c1cccs1. The van der Waals surface area contributed by atoms with Gasteiger partial charge in [-0.3, -0.25) is 19.0 Å². The molecule has 2 heterocycles. The molecule has 0 saturated heterocycles. The van der Waals surface area contributed by atoms with Gasteiger partial charge in [-0.15, -0.1) is 11.3 Å². The van der Waals surface area contributed by atoms with Crippen molar-refractivity contribution in [1.82, 2.24) is 14.9 Å². The highest BCUT2D eigenvalue weighted by Crippen LogP contribution is 2.22. The maximum atomic E-state index is 12.5. The molecule has 8 nitrogen and oxygen atoms in total. The number of nitrogens with zero attached hydrogens (tertiary/aromatic N) is 1. The number of ether oxygens (including phenoxy) is 1. The Hall–Kier alpha value is -3.20. The Labute approximate surface area is 170 Å². The molecular formula is C20H21N3O5S. The van der Waals surface area contributed by atoms with Gasteiger partial charge in [-0.25, -0.2) is 4.79 Å². The third kappa shape index (κ3) is 5.20. The third-order valence-corrected chi connectivity index (χ3v) is 5.30. The molecule has 29 heavy (non-hydrogen) atoms. The average Bonchev–Trinajstić information content (AvgIpc) is 3.21. The van der Waals surface area contributed by atoms with E-state index in [1.54, 1.807) is 24.3 Å². The molecule has 0 aliphatic heterocycles. The molecule has 0 spiro atoms. The van der Waals surface area contributed by atoms with Crippen LogP contribution in [-0.2, 0) is 20.9 Å². The zero-order valence-corrected chi connectivity index (χ0v) is 16.7. The highest BCUT2D eigenvalue weighted by Gasteiger charge is 2.19. The molecule has 3 rings (SSSR count). The molecular weight excluding hydrogens is 394 g/mol. The van der Waals surface area contributed by atoms with Gasteiger partial charge in [-0.2, -0.15) is 0 Å². The zero-order valence-electron chi connectivity index (χ0n) is 15.8. The van der Waals surface area contributed by atoms with Gasteiger partial charge in [0.2, 0.25) is 5.91 Å². The summed E-state index contributed by atoms with van der Waals surface area (Å²) >= 11 is 1.45. The molecule has 0 aliphatic carbocycles. The number of aromatic amines is 1. The molecule has 2 aromatic heterocycles.